The minimum Gasteiger partial charge on any atom is -0.463 e. The van der Waals surface area contributed by atoms with E-state index < -0.39 is 140 Å². The lowest BCUT2D eigenvalue weighted by Gasteiger charge is -2.51. The van der Waals surface area contributed by atoms with E-state index in [1.165, 1.54) is 6.92 Å². The Labute approximate surface area is 467 Å². The highest BCUT2D eigenvalue weighted by Crippen LogP contribution is 2.45. The fraction of sp³-hybridized carbons (Fsp3) is 0.379. The van der Waals surface area contributed by atoms with Crippen LogP contribution in [-0.4, -0.2) is 129 Å². The van der Waals surface area contributed by atoms with Gasteiger partial charge >= 0.3 is 35.9 Å². The molecule has 430 valence electrons. The molecule has 0 saturated carbocycles. The maximum Gasteiger partial charge on any atom is 0.407 e. The molecule has 3 heterocycles. The second-order valence-corrected chi connectivity index (χ2v) is 19.4. The summed E-state index contributed by atoms with van der Waals surface area (Å²) in [6.45, 7) is 3.11. The summed E-state index contributed by atoms with van der Waals surface area (Å²) >= 11 is 0. The van der Waals surface area contributed by atoms with E-state index >= 15 is 4.39 Å². The third kappa shape index (κ3) is 13.7. The smallest absolute Gasteiger partial charge is 0.407 e. The van der Waals surface area contributed by atoms with Gasteiger partial charge in [0.2, 0.25) is 0 Å². The van der Waals surface area contributed by atoms with Crippen molar-refractivity contribution in [1.82, 2.24) is 5.32 Å². The van der Waals surface area contributed by atoms with Crippen molar-refractivity contribution in [3.63, 3.8) is 0 Å². The summed E-state index contributed by atoms with van der Waals surface area (Å²) in [5, 5.41) is 6.63. The van der Waals surface area contributed by atoms with E-state index in [2.05, 4.69) is 15.3 Å². The number of esters is 5. The number of alkyl carbamates (subject to hydrolysis) is 1. The molecule has 1 N–H and O–H groups in total. The number of fused-ring (bicyclic) bond motifs is 4. The summed E-state index contributed by atoms with van der Waals surface area (Å²) in [6, 6.07) is 31.3. The van der Waals surface area contributed by atoms with Crippen LogP contribution in [0.1, 0.15) is 72.5 Å². The predicted molar refractivity (Wildman–Crippen MR) is 277 cm³/mol. The normalized spacial score (nSPS) is 25.2. The average molecular weight is 1140 g/mol. The minimum atomic E-state index is -2.08. The van der Waals surface area contributed by atoms with E-state index in [9.17, 15) is 38.7 Å². The summed E-state index contributed by atoms with van der Waals surface area (Å²) < 4.78 is 102. The summed E-state index contributed by atoms with van der Waals surface area (Å²) in [7, 11) is 0. The molecule has 0 radical (unpaired) electrons. The van der Waals surface area contributed by atoms with E-state index in [1.807, 2.05) is 48.5 Å². The number of amides is 1. The molecule has 3 fully saturated rings. The number of rotatable bonds is 19. The monoisotopic (exact) mass is 1130 g/mol. The van der Waals surface area contributed by atoms with Crippen LogP contribution in [0, 0.1) is 11.6 Å². The molecule has 5 aromatic carbocycles. The highest BCUT2D eigenvalue weighted by Gasteiger charge is 2.58. The molecule has 22 nitrogen and oxygen atoms in total. The molecule has 1 amide bonds. The summed E-state index contributed by atoms with van der Waals surface area (Å²) in [5.74, 6) is -7.96. The number of carbonyl (C=O) groups excluding carboxylic acids is 6. The van der Waals surface area contributed by atoms with E-state index in [1.54, 1.807) is 60.7 Å². The SMILES string of the molecule is CC(=O)OC[C@H]1O[C@@H](O[C@@H]2[C@@H](N=[N+]=[N-])[C@@H](O[C@H](C)[C@H](NC(=O)OCC3c4ccccc4-c4ccccc43)C(=O)OCc3ccccc3)O[C@@H]3COC(c4ccccc4)O[C@H]23)[C@H](OC(=O)c2cc(F)ccc2F)[C@@H](OC(C)=O)[C@H]1OC(C)=O. The van der Waals surface area contributed by atoms with Crippen molar-refractivity contribution in [3.05, 3.63) is 177 Å². The van der Waals surface area contributed by atoms with Gasteiger partial charge in [-0.3, -0.25) is 14.4 Å². The average Bonchev–Trinajstić information content (AvgIpc) is 3.87. The number of nitrogens with zero attached hydrogens (tertiary/aromatic N) is 3. The minimum absolute atomic E-state index is 0.129. The van der Waals surface area contributed by atoms with E-state index in [0.717, 1.165) is 49.1 Å². The Kier molecular flexibility index (Phi) is 18.8. The van der Waals surface area contributed by atoms with E-state index in [-0.39, 0.29) is 25.7 Å². The fourth-order valence-corrected chi connectivity index (χ4v) is 10.1. The Morgan fingerprint density at radius 3 is 2.00 bits per heavy atom. The number of hydrogen-bond acceptors (Lipinski definition) is 19. The number of nitrogens with one attached hydrogen (secondary N) is 1. The van der Waals surface area contributed by atoms with Crippen molar-refractivity contribution in [3.8, 4) is 11.1 Å². The number of ether oxygens (including phenoxy) is 12. The number of benzene rings is 5. The first-order valence-electron chi connectivity index (χ1n) is 26.0. The lowest BCUT2D eigenvalue weighted by Crippen LogP contribution is -2.67. The molecule has 0 bridgehead atoms. The van der Waals surface area contributed by atoms with Crippen LogP contribution in [0.4, 0.5) is 13.6 Å². The van der Waals surface area contributed by atoms with Crippen molar-refractivity contribution in [2.45, 2.75) is 120 Å². The maximum atomic E-state index is 15.3. The molecule has 3 saturated heterocycles. The zero-order chi connectivity index (χ0) is 58.0. The van der Waals surface area contributed by atoms with Crippen LogP contribution in [0.25, 0.3) is 21.6 Å². The van der Waals surface area contributed by atoms with Gasteiger partial charge in [0.1, 0.15) is 61.9 Å². The number of hydrogen-bond donors (Lipinski definition) is 1. The summed E-state index contributed by atoms with van der Waals surface area (Å²) in [5.41, 5.74) is 14.3. The quantitative estimate of drug-likeness (QED) is 0.0274. The molecule has 9 rings (SSSR count). The molecular formula is C58H56F2N4O18. The van der Waals surface area contributed by atoms with Crippen molar-refractivity contribution in [1.29, 1.82) is 0 Å². The van der Waals surface area contributed by atoms with Crippen LogP contribution in [0.2, 0.25) is 0 Å². The molecule has 3 aliphatic heterocycles. The first-order valence-corrected chi connectivity index (χ1v) is 26.0. The van der Waals surface area contributed by atoms with Crippen LogP contribution in [0.5, 0.6) is 0 Å². The lowest BCUT2D eigenvalue weighted by atomic mass is 9.94. The molecule has 4 aliphatic rings. The zero-order valence-corrected chi connectivity index (χ0v) is 44.5. The third-order valence-corrected chi connectivity index (χ3v) is 13.8. The van der Waals surface area contributed by atoms with Gasteiger partial charge in [-0.25, -0.2) is 23.2 Å². The zero-order valence-electron chi connectivity index (χ0n) is 44.5. The maximum absolute atomic E-state index is 15.3. The first kappa shape index (κ1) is 58.3. The van der Waals surface area contributed by atoms with E-state index in [0.29, 0.717) is 23.3 Å². The fourth-order valence-electron chi connectivity index (χ4n) is 10.1. The van der Waals surface area contributed by atoms with Crippen LogP contribution in [0.3, 0.4) is 0 Å². The third-order valence-electron chi connectivity index (χ3n) is 13.8. The van der Waals surface area contributed by atoms with Crippen LogP contribution >= 0.6 is 0 Å². The Bertz CT molecular complexity index is 3130. The second kappa shape index (κ2) is 26.5. The molecule has 1 aliphatic carbocycles. The largest absolute Gasteiger partial charge is 0.463 e. The van der Waals surface area contributed by atoms with Gasteiger partial charge in [-0.05, 0) is 58.5 Å². The Balaban J connectivity index is 1.06. The Morgan fingerprint density at radius 2 is 1.34 bits per heavy atom. The van der Waals surface area contributed by atoms with Crippen LogP contribution in [-0.2, 0) is 82.6 Å². The van der Waals surface area contributed by atoms with Gasteiger partial charge < -0.3 is 62.2 Å². The summed E-state index contributed by atoms with van der Waals surface area (Å²) in [4.78, 5) is 83.3. The highest BCUT2D eigenvalue weighted by molar-refractivity contribution is 5.90. The summed E-state index contributed by atoms with van der Waals surface area (Å²) in [6.07, 6.45) is -19.0. The second-order valence-electron chi connectivity index (χ2n) is 19.4. The van der Waals surface area contributed by atoms with Crippen molar-refractivity contribution in [2.75, 3.05) is 19.8 Å². The lowest BCUT2D eigenvalue weighted by molar-refractivity contribution is -0.378. The van der Waals surface area contributed by atoms with Gasteiger partial charge in [-0.1, -0.05) is 114 Å². The predicted octanol–water partition coefficient (Wildman–Crippen LogP) is 7.60. The van der Waals surface area contributed by atoms with Crippen molar-refractivity contribution in [2.24, 2.45) is 5.11 Å². The van der Waals surface area contributed by atoms with Gasteiger partial charge in [0.05, 0.1) is 18.3 Å². The standard InChI is InChI=1S/C58H56F2N4O18/c1-30(46(54(69)72-26-34-15-7-5-8-16-34)62-58(70)74-27-42-39-21-13-11-19-37(39)38-20-12-14-22-40(38)42)75-56-47(63-64-61)50(48-45(78-56)29-73-55(81-48)35-17-9-6-10-18-35)82-57-52(80-53(68)41-25-36(59)23-24-43(41)60)51(77-33(4)67)49(76-32(3)66)44(79-57)28-71-31(2)65/h5-25,30,42,44-52,55-57H,26-29H2,1-4H3,(H,62,70)/t30-,44-,45-,46+,47-,48+,49+,50-,51+,52-,55?,56+,57+/m1/s1. The van der Waals surface area contributed by atoms with Crippen LogP contribution < -0.4 is 5.32 Å². The van der Waals surface area contributed by atoms with Gasteiger partial charge in [0.15, 0.2) is 43.2 Å². The number of halogens is 2. The van der Waals surface area contributed by atoms with Crippen molar-refractivity contribution >= 4 is 35.9 Å². The van der Waals surface area contributed by atoms with Gasteiger partial charge in [0, 0.05) is 37.2 Å². The van der Waals surface area contributed by atoms with Crippen LogP contribution in [0.15, 0.2) is 133 Å². The molecular weight excluding hydrogens is 1080 g/mol. The molecule has 82 heavy (non-hydrogen) atoms. The number of azide groups is 1. The molecule has 0 spiro atoms. The van der Waals surface area contributed by atoms with Gasteiger partial charge in [-0.2, -0.15) is 0 Å². The molecule has 5 aromatic rings. The Hall–Kier alpha value is -8.35. The number of carbonyl (C=O) groups is 6. The first-order chi connectivity index (χ1) is 39.6. The molecule has 0 aromatic heterocycles. The molecule has 13 atom stereocenters. The molecule has 1 unspecified atom stereocenters. The van der Waals surface area contributed by atoms with Gasteiger partial charge in [-0.15, -0.1) is 0 Å². The Morgan fingerprint density at radius 1 is 0.695 bits per heavy atom. The van der Waals surface area contributed by atoms with Gasteiger partial charge in [0.25, 0.3) is 0 Å². The van der Waals surface area contributed by atoms with E-state index in [4.69, 9.17) is 56.8 Å². The van der Waals surface area contributed by atoms with Crippen molar-refractivity contribution < 1.29 is 94.4 Å². The highest BCUT2D eigenvalue weighted by atomic mass is 19.1. The topological polar surface area (TPSA) is 274 Å². The molecule has 24 heteroatoms.